The molecule has 6 heteroatoms. The van der Waals surface area contributed by atoms with E-state index < -0.39 is 5.91 Å². The number of hydrogen-bond donors (Lipinski definition) is 1. The van der Waals surface area contributed by atoms with Gasteiger partial charge in [0.25, 0.3) is 5.91 Å². The molecule has 27 heavy (non-hydrogen) atoms. The van der Waals surface area contributed by atoms with Gasteiger partial charge in [-0.1, -0.05) is 6.92 Å². The number of oxazole rings is 1. The molecule has 0 saturated heterocycles. The highest BCUT2D eigenvalue weighted by Crippen LogP contribution is 2.22. The number of aryl methyl sites for hydroxylation is 2. The van der Waals surface area contributed by atoms with Crippen molar-refractivity contribution in [2.24, 2.45) is 0 Å². The normalized spacial score (nSPS) is 11.6. The van der Waals surface area contributed by atoms with Crippen LogP contribution in [0.15, 0.2) is 34.3 Å². The number of fused-ring (bicyclic) bond motifs is 1. The van der Waals surface area contributed by atoms with Crippen LogP contribution in [-0.4, -0.2) is 15.5 Å². The number of carbonyl (C=O) groups is 1. The Kier molecular flexibility index (Phi) is 5.13. The maximum absolute atomic E-state index is 12.6. The van der Waals surface area contributed by atoms with Crippen molar-refractivity contribution >= 4 is 28.8 Å². The number of nitrogens with zero attached hydrogens (tertiary/aromatic N) is 3. The highest BCUT2D eigenvalue weighted by molar-refractivity contribution is 6.10. The van der Waals surface area contributed by atoms with Gasteiger partial charge in [0, 0.05) is 30.5 Å². The number of nitrogens with one attached hydrogen (secondary N) is 1. The van der Waals surface area contributed by atoms with Crippen LogP contribution in [-0.2, 0) is 11.3 Å². The minimum atomic E-state index is -0.447. The van der Waals surface area contributed by atoms with Crippen LogP contribution in [0.25, 0.3) is 17.2 Å². The fourth-order valence-corrected chi connectivity index (χ4v) is 3.16. The quantitative estimate of drug-likeness (QED) is 0.534. The molecule has 0 spiro atoms. The van der Waals surface area contributed by atoms with Crippen LogP contribution in [0.2, 0.25) is 0 Å². The molecule has 3 rings (SSSR count). The number of benzene rings is 1. The zero-order valence-electron chi connectivity index (χ0n) is 16.0. The topological polar surface area (TPSA) is 83.9 Å². The zero-order chi connectivity index (χ0) is 19.6. The average Bonchev–Trinajstić information content (AvgIpc) is 3.12. The summed E-state index contributed by atoms with van der Waals surface area (Å²) in [7, 11) is 0. The molecule has 3 aromatic rings. The van der Waals surface area contributed by atoms with E-state index in [1.807, 2.05) is 26.0 Å². The van der Waals surface area contributed by atoms with Gasteiger partial charge in [-0.15, -0.1) is 0 Å². The van der Waals surface area contributed by atoms with E-state index >= 15 is 0 Å². The molecule has 138 valence electrons. The lowest BCUT2D eigenvalue weighted by Gasteiger charge is -2.07. The standard InChI is InChI=1S/C21H22N4O2/c1-5-8-25-13(2)9-16(14(25)3)10-17(12-22)21(26)24-18-6-7-20-19(11-18)23-15(4)27-20/h6-7,9-11H,5,8H2,1-4H3,(H,24,26)/b17-10+. The Morgan fingerprint density at radius 3 is 2.81 bits per heavy atom. The van der Waals surface area contributed by atoms with E-state index in [-0.39, 0.29) is 5.57 Å². The van der Waals surface area contributed by atoms with Crippen molar-refractivity contribution in [3.63, 3.8) is 0 Å². The molecule has 0 aliphatic heterocycles. The molecule has 0 atom stereocenters. The highest BCUT2D eigenvalue weighted by atomic mass is 16.3. The van der Waals surface area contributed by atoms with Crippen molar-refractivity contribution in [3.8, 4) is 6.07 Å². The van der Waals surface area contributed by atoms with Crippen LogP contribution < -0.4 is 5.32 Å². The summed E-state index contributed by atoms with van der Waals surface area (Å²) in [6.45, 7) is 8.83. The zero-order valence-corrected chi connectivity index (χ0v) is 16.0. The van der Waals surface area contributed by atoms with Crippen LogP contribution >= 0.6 is 0 Å². The summed E-state index contributed by atoms with van der Waals surface area (Å²) in [5, 5.41) is 12.2. The molecule has 0 unspecified atom stereocenters. The third-order valence-corrected chi connectivity index (χ3v) is 4.48. The molecule has 1 N–H and O–H groups in total. The van der Waals surface area contributed by atoms with E-state index in [2.05, 4.69) is 21.8 Å². The monoisotopic (exact) mass is 362 g/mol. The first-order chi connectivity index (χ1) is 12.9. The van der Waals surface area contributed by atoms with Gasteiger partial charge in [-0.05, 0) is 56.2 Å². The Morgan fingerprint density at radius 1 is 1.33 bits per heavy atom. The largest absolute Gasteiger partial charge is 0.441 e. The molecular weight excluding hydrogens is 340 g/mol. The van der Waals surface area contributed by atoms with E-state index in [1.54, 1.807) is 31.2 Å². The number of anilines is 1. The second-order valence-corrected chi connectivity index (χ2v) is 6.52. The molecule has 6 nitrogen and oxygen atoms in total. The molecule has 2 aromatic heterocycles. The first-order valence-electron chi connectivity index (χ1n) is 8.90. The number of carbonyl (C=O) groups excluding carboxylic acids is 1. The summed E-state index contributed by atoms with van der Waals surface area (Å²) < 4.78 is 7.63. The van der Waals surface area contributed by atoms with Crippen molar-refractivity contribution in [2.75, 3.05) is 5.32 Å². The second-order valence-electron chi connectivity index (χ2n) is 6.52. The average molecular weight is 362 g/mol. The fraction of sp³-hybridized carbons (Fsp3) is 0.286. The molecule has 1 amide bonds. The Morgan fingerprint density at radius 2 is 2.11 bits per heavy atom. The summed E-state index contributed by atoms with van der Waals surface area (Å²) in [4.78, 5) is 16.8. The van der Waals surface area contributed by atoms with E-state index in [1.165, 1.54) is 0 Å². The van der Waals surface area contributed by atoms with E-state index in [9.17, 15) is 10.1 Å². The molecule has 0 aliphatic rings. The predicted molar refractivity (Wildman–Crippen MR) is 105 cm³/mol. The predicted octanol–water partition coefficient (Wildman–Crippen LogP) is 4.51. The van der Waals surface area contributed by atoms with Gasteiger partial charge in [0.15, 0.2) is 11.5 Å². The van der Waals surface area contributed by atoms with Gasteiger partial charge in [-0.25, -0.2) is 4.98 Å². The Bertz CT molecular complexity index is 1080. The molecule has 0 bridgehead atoms. The van der Waals surface area contributed by atoms with Crippen LogP contribution in [0.3, 0.4) is 0 Å². The van der Waals surface area contributed by atoms with Gasteiger partial charge >= 0.3 is 0 Å². The molecule has 0 saturated carbocycles. The van der Waals surface area contributed by atoms with Crippen LogP contribution in [0.5, 0.6) is 0 Å². The van der Waals surface area contributed by atoms with Crippen molar-refractivity contribution < 1.29 is 9.21 Å². The van der Waals surface area contributed by atoms with Gasteiger partial charge in [0.2, 0.25) is 0 Å². The fourth-order valence-electron chi connectivity index (χ4n) is 3.16. The third kappa shape index (κ3) is 3.77. The van der Waals surface area contributed by atoms with Crippen LogP contribution in [0, 0.1) is 32.1 Å². The lowest BCUT2D eigenvalue weighted by Crippen LogP contribution is -2.13. The van der Waals surface area contributed by atoms with E-state index in [0.717, 1.165) is 29.9 Å². The molecule has 1 aromatic carbocycles. The van der Waals surface area contributed by atoms with Crippen LogP contribution in [0.1, 0.15) is 36.2 Å². The number of hydrogen-bond acceptors (Lipinski definition) is 4. The number of nitriles is 1. The van der Waals surface area contributed by atoms with Crippen molar-refractivity contribution in [3.05, 3.63) is 52.7 Å². The molecule has 0 radical (unpaired) electrons. The smallest absolute Gasteiger partial charge is 0.266 e. The molecule has 0 aliphatic carbocycles. The van der Waals surface area contributed by atoms with Gasteiger partial charge in [-0.3, -0.25) is 4.79 Å². The van der Waals surface area contributed by atoms with Gasteiger partial charge in [0.05, 0.1) is 0 Å². The minimum absolute atomic E-state index is 0.0585. The summed E-state index contributed by atoms with van der Waals surface area (Å²) >= 11 is 0. The lowest BCUT2D eigenvalue weighted by atomic mass is 10.1. The Balaban J connectivity index is 1.86. The SMILES string of the molecule is CCCn1c(C)cc(/C=C(\C#N)C(=O)Nc2ccc3oc(C)nc3c2)c1C. The van der Waals surface area contributed by atoms with Crippen molar-refractivity contribution in [1.29, 1.82) is 5.26 Å². The summed E-state index contributed by atoms with van der Waals surface area (Å²) in [6.07, 6.45) is 2.66. The Labute approximate surface area is 158 Å². The second kappa shape index (κ2) is 7.50. The molecule has 2 heterocycles. The summed E-state index contributed by atoms with van der Waals surface area (Å²) in [5.74, 6) is 0.117. The number of amides is 1. The highest BCUT2D eigenvalue weighted by Gasteiger charge is 2.14. The maximum Gasteiger partial charge on any atom is 0.266 e. The van der Waals surface area contributed by atoms with Crippen LogP contribution in [0.4, 0.5) is 5.69 Å². The first kappa shape index (κ1) is 18.5. The third-order valence-electron chi connectivity index (χ3n) is 4.48. The van der Waals surface area contributed by atoms with Gasteiger partial charge in [-0.2, -0.15) is 5.26 Å². The van der Waals surface area contributed by atoms with E-state index in [4.69, 9.17) is 4.42 Å². The Hall–Kier alpha value is -3.33. The molecule has 0 fully saturated rings. The lowest BCUT2D eigenvalue weighted by molar-refractivity contribution is -0.112. The van der Waals surface area contributed by atoms with Crippen molar-refractivity contribution in [2.45, 2.75) is 40.7 Å². The van der Waals surface area contributed by atoms with Crippen molar-refractivity contribution in [1.82, 2.24) is 9.55 Å². The molecular formula is C21H22N4O2. The first-order valence-corrected chi connectivity index (χ1v) is 8.90. The summed E-state index contributed by atoms with van der Waals surface area (Å²) in [5.41, 5.74) is 5.00. The number of aromatic nitrogens is 2. The number of rotatable bonds is 5. The van der Waals surface area contributed by atoms with Gasteiger partial charge in [0.1, 0.15) is 17.2 Å². The van der Waals surface area contributed by atoms with Gasteiger partial charge < -0.3 is 14.3 Å². The van der Waals surface area contributed by atoms with E-state index in [0.29, 0.717) is 22.7 Å². The maximum atomic E-state index is 12.6. The summed E-state index contributed by atoms with van der Waals surface area (Å²) in [6, 6.07) is 9.21. The minimum Gasteiger partial charge on any atom is -0.441 e.